The quantitative estimate of drug-likeness (QED) is 0.863. The van der Waals surface area contributed by atoms with Gasteiger partial charge in [0.05, 0.1) is 18.6 Å². The van der Waals surface area contributed by atoms with Gasteiger partial charge in [0.15, 0.2) is 5.69 Å². The maximum atomic E-state index is 12.2. The fourth-order valence-electron chi connectivity index (χ4n) is 1.14. The van der Waals surface area contributed by atoms with Crippen molar-refractivity contribution in [2.24, 2.45) is 0 Å². The zero-order chi connectivity index (χ0) is 12.3. The van der Waals surface area contributed by atoms with Gasteiger partial charge in [-0.25, -0.2) is 4.98 Å². The van der Waals surface area contributed by atoms with E-state index in [1.807, 2.05) is 0 Å². The average molecular weight is 243 g/mol. The summed E-state index contributed by atoms with van der Waals surface area (Å²) < 4.78 is 36.6. The fourth-order valence-corrected chi connectivity index (χ4v) is 1.14. The van der Waals surface area contributed by atoms with E-state index >= 15 is 0 Å². The third-order valence-corrected chi connectivity index (χ3v) is 1.97. The van der Waals surface area contributed by atoms with Crippen LogP contribution in [-0.4, -0.2) is 20.2 Å². The van der Waals surface area contributed by atoms with Crippen molar-refractivity contribution in [3.8, 4) is 0 Å². The van der Waals surface area contributed by atoms with E-state index in [4.69, 9.17) is 0 Å². The second-order valence-electron chi connectivity index (χ2n) is 3.23. The Hall–Kier alpha value is -2.12. The summed E-state index contributed by atoms with van der Waals surface area (Å²) in [4.78, 5) is 6.64. The summed E-state index contributed by atoms with van der Waals surface area (Å²) in [6.45, 7) is 0.389. The van der Waals surface area contributed by atoms with Gasteiger partial charge in [0.1, 0.15) is 5.82 Å². The van der Waals surface area contributed by atoms with Crippen LogP contribution in [0.3, 0.4) is 0 Å². The number of alkyl halides is 3. The van der Waals surface area contributed by atoms with Crippen LogP contribution < -0.4 is 5.32 Å². The number of nitrogens with one attached hydrogen (secondary N) is 2. The van der Waals surface area contributed by atoms with Crippen molar-refractivity contribution in [1.29, 1.82) is 0 Å². The van der Waals surface area contributed by atoms with Crippen LogP contribution in [0.2, 0.25) is 0 Å². The highest BCUT2D eigenvalue weighted by molar-refractivity contribution is 5.33. The first kappa shape index (κ1) is 11.4. The van der Waals surface area contributed by atoms with Gasteiger partial charge in [0, 0.05) is 6.20 Å². The molecule has 2 rings (SSSR count). The largest absolute Gasteiger partial charge is 0.435 e. The van der Waals surface area contributed by atoms with Crippen molar-refractivity contribution < 1.29 is 13.2 Å². The molecule has 0 radical (unpaired) electrons. The third kappa shape index (κ3) is 2.92. The third-order valence-electron chi connectivity index (χ3n) is 1.97. The van der Waals surface area contributed by atoms with Gasteiger partial charge in [0.2, 0.25) is 0 Å². The Morgan fingerprint density at radius 1 is 1.24 bits per heavy atom. The van der Waals surface area contributed by atoms with Gasteiger partial charge in [-0.2, -0.15) is 13.2 Å². The summed E-state index contributed by atoms with van der Waals surface area (Å²) in [6.07, 6.45) is -1.35. The molecule has 0 unspecified atom stereocenters. The highest BCUT2D eigenvalue weighted by Gasteiger charge is 2.32. The Kier molecular flexibility index (Phi) is 2.94. The molecule has 17 heavy (non-hydrogen) atoms. The second kappa shape index (κ2) is 4.40. The summed E-state index contributed by atoms with van der Waals surface area (Å²) >= 11 is 0. The molecule has 8 heteroatoms. The van der Waals surface area contributed by atoms with Gasteiger partial charge >= 0.3 is 6.18 Å². The van der Waals surface area contributed by atoms with E-state index in [9.17, 15) is 13.2 Å². The molecular formula is C9H8F3N5. The number of hydrogen-bond donors (Lipinski definition) is 2. The number of nitrogens with zero attached hydrogens (tertiary/aromatic N) is 3. The number of hydrogen-bond acceptors (Lipinski definition) is 4. The highest BCUT2D eigenvalue weighted by atomic mass is 19.4. The number of H-pyrrole nitrogens is 1. The lowest BCUT2D eigenvalue weighted by Gasteiger charge is -2.06. The van der Waals surface area contributed by atoms with Crippen LogP contribution in [0.5, 0.6) is 0 Å². The van der Waals surface area contributed by atoms with Gasteiger partial charge in [-0.05, 0) is 12.1 Å². The van der Waals surface area contributed by atoms with Crippen LogP contribution in [0.1, 0.15) is 11.4 Å². The Balaban J connectivity index is 1.99. The molecule has 2 aromatic heterocycles. The molecule has 0 aliphatic carbocycles. The average Bonchev–Trinajstić information content (AvgIpc) is 2.78. The number of rotatable bonds is 3. The first-order chi connectivity index (χ1) is 8.05. The highest BCUT2D eigenvalue weighted by Crippen LogP contribution is 2.27. The molecule has 2 heterocycles. The molecule has 2 N–H and O–H groups in total. The lowest BCUT2D eigenvalue weighted by atomic mass is 10.3. The number of halogens is 3. The fraction of sp³-hybridized carbons (Fsp3) is 0.222. The molecule has 0 aromatic carbocycles. The van der Waals surface area contributed by atoms with Gasteiger partial charge in [-0.1, -0.05) is 0 Å². The van der Waals surface area contributed by atoms with Crippen LogP contribution in [0.15, 0.2) is 24.7 Å². The smallest absolute Gasteiger partial charge is 0.363 e. The van der Waals surface area contributed by atoms with E-state index in [-0.39, 0.29) is 5.82 Å². The topological polar surface area (TPSA) is 66.5 Å². The van der Waals surface area contributed by atoms with Crippen molar-refractivity contribution in [1.82, 2.24) is 20.2 Å². The monoisotopic (exact) mass is 243 g/mol. The predicted octanol–water partition coefficient (Wildman–Crippen LogP) is 1.83. The maximum Gasteiger partial charge on any atom is 0.435 e. The minimum absolute atomic E-state index is 0.271. The zero-order valence-corrected chi connectivity index (χ0v) is 8.49. The number of anilines is 1. The van der Waals surface area contributed by atoms with E-state index in [1.165, 1.54) is 12.4 Å². The lowest BCUT2D eigenvalue weighted by Crippen LogP contribution is -2.10. The Bertz CT molecular complexity index is 462. The van der Waals surface area contributed by atoms with Gasteiger partial charge in [0.25, 0.3) is 0 Å². The molecule has 0 fully saturated rings. The summed E-state index contributed by atoms with van der Waals surface area (Å²) in [6, 6.07) is 2.11. The second-order valence-corrected chi connectivity index (χ2v) is 3.23. The molecule has 0 bridgehead atoms. The predicted molar refractivity (Wildman–Crippen MR) is 52.9 cm³/mol. The van der Waals surface area contributed by atoms with Crippen LogP contribution in [0.25, 0.3) is 0 Å². The minimum Gasteiger partial charge on any atom is -0.363 e. The molecule has 0 spiro atoms. The van der Waals surface area contributed by atoms with Crippen molar-refractivity contribution in [3.05, 3.63) is 36.0 Å². The summed E-state index contributed by atoms with van der Waals surface area (Å²) in [5.74, 6) is 0.271. The van der Waals surface area contributed by atoms with Crippen LogP contribution >= 0.6 is 0 Å². The van der Waals surface area contributed by atoms with E-state index in [0.717, 1.165) is 11.8 Å². The molecule has 0 saturated heterocycles. The standard InChI is InChI=1S/C9H8F3N5/c10-9(11,12)7-1-2-8(17-16-7)14-4-6-3-13-5-15-6/h1-3,5H,4H2,(H,13,15)(H,14,17). The molecule has 0 aliphatic rings. The zero-order valence-electron chi connectivity index (χ0n) is 8.49. The van der Waals surface area contributed by atoms with Crippen LogP contribution in [0, 0.1) is 0 Å². The van der Waals surface area contributed by atoms with Gasteiger partial charge < -0.3 is 10.3 Å². The Labute approximate surface area is 94.1 Å². The van der Waals surface area contributed by atoms with E-state index in [2.05, 4.69) is 25.5 Å². The SMILES string of the molecule is FC(F)(F)c1ccc(NCc2cnc[nH]2)nn1. The lowest BCUT2D eigenvalue weighted by molar-refractivity contribution is -0.141. The maximum absolute atomic E-state index is 12.2. The Morgan fingerprint density at radius 2 is 2.06 bits per heavy atom. The molecule has 0 saturated carbocycles. The van der Waals surface area contributed by atoms with E-state index in [0.29, 0.717) is 6.54 Å². The molecule has 90 valence electrons. The summed E-state index contributed by atoms with van der Waals surface area (Å²) in [7, 11) is 0. The van der Waals surface area contributed by atoms with Crippen molar-refractivity contribution in [2.45, 2.75) is 12.7 Å². The van der Waals surface area contributed by atoms with Crippen LogP contribution in [-0.2, 0) is 12.7 Å². The van der Waals surface area contributed by atoms with Crippen molar-refractivity contribution >= 4 is 5.82 Å². The van der Waals surface area contributed by atoms with Gasteiger partial charge in [-0.15, -0.1) is 10.2 Å². The molecule has 2 aromatic rings. The molecule has 0 aliphatic heterocycles. The molecule has 0 atom stereocenters. The summed E-state index contributed by atoms with van der Waals surface area (Å²) in [5, 5.41) is 9.33. The van der Waals surface area contributed by atoms with Crippen molar-refractivity contribution in [3.63, 3.8) is 0 Å². The first-order valence-corrected chi connectivity index (χ1v) is 4.68. The van der Waals surface area contributed by atoms with E-state index in [1.54, 1.807) is 6.20 Å². The summed E-state index contributed by atoms with van der Waals surface area (Å²) in [5.41, 5.74) is -0.212. The minimum atomic E-state index is -4.46. The number of aromatic nitrogens is 4. The molecule has 0 amide bonds. The Morgan fingerprint density at radius 3 is 2.59 bits per heavy atom. The first-order valence-electron chi connectivity index (χ1n) is 4.68. The van der Waals surface area contributed by atoms with E-state index < -0.39 is 11.9 Å². The number of aromatic amines is 1. The van der Waals surface area contributed by atoms with Gasteiger partial charge in [-0.3, -0.25) is 0 Å². The van der Waals surface area contributed by atoms with Crippen molar-refractivity contribution in [2.75, 3.05) is 5.32 Å². The molecule has 5 nitrogen and oxygen atoms in total. The normalized spacial score (nSPS) is 11.5. The molecular weight excluding hydrogens is 235 g/mol. The number of imidazole rings is 1. The van der Waals surface area contributed by atoms with Crippen LogP contribution in [0.4, 0.5) is 19.0 Å².